The summed E-state index contributed by atoms with van der Waals surface area (Å²) in [6.07, 6.45) is 0. The van der Waals surface area contributed by atoms with Crippen LogP contribution in [0.15, 0.2) is 83.8 Å². The second-order valence-electron chi connectivity index (χ2n) is 6.59. The molecule has 0 bridgehead atoms. The van der Waals surface area contributed by atoms with Gasteiger partial charge in [0.15, 0.2) is 0 Å². The van der Waals surface area contributed by atoms with E-state index in [0.717, 1.165) is 5.56 Å². The molecule has 1 heterocycles. The molecule has 8 heteroatoms. The number of nitrogens with one attached hydrogen (secondary N) is 1. The van der Waals surface area contributed by atoms with Crippen LogP contribution in [-0.2, 0) is 16.6 Å². The van der Waals surface area contributed by atoms with Crippen LogP contribution in [-0.4, -0.2) is 18.4 Å². The van der Waals surface area contributed by atoms with Crippen LogP contribution >= 0.6 is 0 Å². The normalized spacial score (nSPS) is 11.4. The number of rotatable bonds is 6. The van der Waals surface area contributed by atoms with Gasteiger partial charge in [-0.05, 0) is 48.5 Å². The summed E-state index contributed by atoms with van der Waals surface area (Å²) >= 11 is 0. The van der Waals surface area contributed by atoms with Gasteiger partial charge in [-0.3, -0.25) is 0 Å². The number of hydrogen-bond acceptors (Lipinski definition) is 4. The number of benzene rings is 3. The number of imidazole rings is 1. The third-order valence-electron chi connectivity index (χ3n) is 4.46. The lowest BCUT2D eigenvalue weighted by Gasteiger charge is -2.04. The number of halogens is 1. The van der Waals surface area contributed by atoms with Crippen molar-refractivity contribution in [3.8, 4) is 28.3 Å². The average Bonchev–Trinajstić information content (AvgIpc) is 3.17. The molecule has 4 aromatic rings. The predicted molar refractivity (Wildman–Crippen MR) is 112 cm³/mol. The van der Waals surface area contributed by atoms with E-state index in [2.05, 4.69) is 9.97 Å². The van der Waals surface area contributed by atoms with Crippen LogP contribution in [0.5, 0.6) is 5.75 Å². The molecule has 0 radical (unpaired) electrons. The summed E-state index contributed by atoms with van der Waals surface area (Å²) in [6, 6.07) is 21.5. The topological polar surface area (TPSA) is 98.1 Å². The Hall–Kier alpha value is -3.49. The van der Waals surface area contributed by atoms with Gasteiger partial charge in [0.1, 0.15) is 24.0 Å². The van der Waals surface area contributed by atoms with Crippen LogP contribution in [0.1, 0.15) is 5.82 Å². The summed E-state index contributed by atoms with van der Waals surface area (Å²) < 4.78 is 42.2. The van der Waals surface area contributed by atoms with E-state index in [-0.39, 0.29) is 17.3 Å². The lowest BCUT2D eigenvalue weighted by molar-refractivity contribution is 0.297. The Morgan fingerprint density at radius 2 is 1.53 bits per heavy atom. The van der Waals surface area contributed by atoms with Gasteiger partial charge in [-0.2, -0.15) is 0 Å². The fourth-order valence-corrected chi connectivity index (χ4v) is 3.51. The van der Waals surface area contributed by atoms with Crippen LogP contribution in [0, 0.1) is 5.82 Å². The van der Waals surface area contributed by atoms with Crippen LogP contribution in [0.4, 0.5) is 4.39 Å². The Kier molecular flexibility index (Phi) is 5.35. The standard InChI is InChI=1S/C22H18FN3O3S/c23-17-10-6-15(7-11-17)21-22(16-8-12-19(13-9-16)30(24,27)28)26-20(25-21)14-29-18-4-2-1-3-5-18/h1-13H,14H2,(H,25,26)(H2,24,27,28). The zero-order valence-corrected chi connectivity index (χ0v) is 16.6. The average molecular weight is 423 g/mol. The van der Waals surface area contributed by atoms with Crippen molar-refractivity contribution in [1.82, 2.24) is 9.97 Å². The SMILES string of the molecule is NS(=O)(=O)c1ccc(-c2nc(COc3ccccc3)[nH]c2-c2ccc(F)cc2)cc1. The van der Waals surface area contributed by atoms with E-state index in [9.17, 15) is 12.8 Å². The fraction of sp³-hybridized carbons (Fsp3) is 0.0455. The predicted octanol–water partition coefficient (Wildman–Crippen LogP) is 4.11. The summed E-state index contributed by atoms with van der Waals surface area (Å²) in [4.78, 5) is 7.87. The molecule has 152 valence electrons. The molecule has 30 heavy (non-hydrogen) atoms. The third kappa shape index (κ3) is 4.40. The fourth-order valence-electron chi connectivity index (χ4n) is 3.00. The van der Waals surface area contributed by atoms with Crippen molar-refractivity contribution in [1.29, 1.82) is 0 Å². The number of aromatic amines is 1. The highest BCUT2D eigenvalue weighted by Crippen LogP contribution is 2.31. The lowest BCUT2D eigenvalue weighted by atomic mass is 10.1. The zero-order chi connectivity index (χ0) is 21.1. The lowest BCUT2D eigenvalue weighted by Crippen LogP contribution is -2.11. The maximum atomic E-state index is 13.4. The molecule has 0 saturated carbocycles. The highest BCUT2D eigenvalue weighted by molar-refractivity contribution is 7.89. The molecule has 0 aliphatic heterocycles. The number of nitrogens with zero attached hydrogens (tertiary/aromatic N) is 1. The highest BCUT2D eigenvalue weighted by Gasteiger charge is 2.16. The first-order valence-electron chi connectivity index (χ1n) is 9.06. The summed E-state index contributed by atoms with van der Waals surface area (Å²) in [5.41, 5.74) is 2.68. The van der Waals surface area contributed by atoms with Crippen LogP contribution in [0.2, 0.25) is 0 Å². The molecule has 6 nitrogen and oxygen atoms in total. The molecule has 3 N–H and O–H groups in total. The van der Waals surface area contributed by atoms with Crippen molar-refractivity contribution in [2.75, 3.05) is 0 Å². The Bertz CT molecular complexity index is 1250. The van der Waals surface area contributed by atoms with E-state index in [1.54, 1.807) is 24.3 Å². The first kappa shape index (κ1) is 19.8. The van der Waals surface area contributed by atoms with Gasteiger partial charge in [-0.15, -0.1) is 0 Å². The second kappa shape index (κ2) is 8.10. The Labute approximate surface area is 173 Å². The maximum absolute atomic E-state index is 13.4. The molecule has 0 aliphatic carbocycles. The monoisotopic (exact) mass is 423 g/mol. The van der Waals surface area contributed by atoms with Crippen molar-refractivity contribution < 1.29 is 17.5 Å². The molecule has 0 fully saturated rings. The third-order valence-corrected chi connectivity index (χ3v) is 5.39. The van der Waals surface area contributed by atoms with Crippen molar-refractivity contribution in [3.63, 3.8) is 0 Å². The molecule has 0 amide bonds. The van der Waals surface area contributed by atoms with Gasteiger partial charge >= 0.3 is 0 Å². The van der Waals surface area contributed by atoms with E-state index < -0.39 is 10.0 Å². The quantitative estimate of drug-likeness (QED) is 0.488. The van der Waals surface area contributed by atoms with E-state index in [1.165, 1.54) is 24.3 Å². The molecule has 0 spiro atoms. The zero-order valence-electron chi connectivity index (χ0n) is 15.7. The van der Waals surface area contributed by atoms with Crippen LogP contribution in [0.25, 0.3) is 22.5 Å². The van der Waals surface area contributed by atoms with Crippen molar-refractivity contribution in [2.45, 2.75) is 11.5 Å². The number of para-hydroxylation sites is 1. The summed E-state index contributed by atoms with van der Waals surface area (Å²) in [6.45, 7) is 0.202. The Morgan fingerprint density at radius 3 is 2.17 bits per heavy atom. The van der Waals surface area contributed by atoms with E-state index in [4.69, 9.17) is 9.88 Å². The Morgan fingerprint density at radius 1 is 0.900 bits per heavy atom. The van der Waals surface area contributed by atoms with Gasteiger partial charge < -0.3 is 9.72 Å². The highest BCUT2D eigenvalue weighted by atomic mass is 32.2. The minimum atomic E-state index is -3.79. The largest absolute Gasteiger partial charge is 0.486 e. The molecular formula is C22H18FN3O3S. The summed E-state index contributed by atoms with van der Waals surface area (Å²) in [5.74, 6) is 0.935. The van der Waals surface area contributed by atoms with Gasteiger partial charge in [0.2, 0.25) is 10.0 Å². The number of aromatic nitrogens is 2. The summed E-state index contributed by atoms with van der Waals surface area (Å²) in [7, 11) is -3.79. The number of H-pyrrole nitrogens is 1. The van der Waals surface area contributed by atoms with E-state index >= 15 is 0 Å². The molecule has 1 aromatic heterocycles. The molecule has 3 aromatic carbocycles. The minimum Gasteiger partial charge on any atom is -0.486 e. The van der Waals surface area contributed by atoms with Gasteiger partial charge in [0.05, 0.1) is 16.3 Å². The molecule has 0 atom stereocenters. The minimum absolute atomic E-state index is 0.0118. The maximum Gasteiger partial charge on any atom is 0.238 e. The van der Waals surface area contributed by atoms with Crippen LogP contribution in [0.3, 0.4) is 0 Å². The molecule has 0 aliphatic rings. The Balaban J connectivity index is 1.71. The summed E-state index contributed by atoms with van der Waals surface area (Å²) in [5, 5.41) is 5.18. The molecule has 0 unspecified atom stereocenters. The van der Waals surface area contributed by atoms with Crippen molar-refractivity contribution >= 4 is 10.0 Å². The molecular weight excluding hydrogens is 405 g/mol. The van der Waals surface area contributed by atoms with Gasteiger partial charge in [0.25, 0.3) is 0 Å². The van der Waals surface area contributed by atoms with E-state index in [0.29, 0.717) is 28.5 Å². The van der Waals surface area contributed by atoms with Crippen LogP contribution < -0.4 is 9.88 Å². The molecule has 4 rings (SSSR count). The van der Waals surface area contributed by atoms with Gasteiger partial charge in [0, 0.05) is 11.1 Å². The first-order chi connectivity index (χ1) is 14.4. The van der Waals surface area contributed by atoms with Gasteiger partial charge in [-0.25, -0.2) is 22.9 Å². The first-order valence-corrected chi connectivity index (χ1v) is 10.6. The second-order valence-corrected chi connectivity index (χ2v) is 8.15. The smallest absolute Gasteiger partial charge is 0.238 e. The van der Waals surface area contributed by atoms with E-state index in [1.807, 2.05) is 30.3 Å². The van der Waals surface area contributed by atoms with Crippen molar-refractivity contribution in [3.05, 3.63) is 90.5 Å². The number of sulfonamides is 1. The molecule has 0 saturated heterocycles. The number of hydrogen-bond donors (Lipinski definition) is 2. The number of primary sulfonamides is 1. The number of ether oxygens (including phenoxy) is 1. The number of nitrogens with two attached hydrogens (primary N) is 1. The van der Waals surface area contributed by atoms with Gasteiger partial charge in [-0.1, -0.05) is 30.3 Å². The van der Waals surface area contributed by atoms with Crippen molar-refractivity contribution in [2.24, 2.45) is 5.14 Å².